The average Bonchev–Trinajstić information content (AvgIpc) is 3.61. The van der Waals surface area contributed by atoms with Crippen LogP contribution in [0.5, 0.6) is 0 Å². The summed E-state index contributed by atoms with van der Waals surface area (Å²) in [5.74, 6) is 0. The van der Waals surface area contributed by atoms with E-state index in [0.29, 0.717) is 0 Å². The molecule has 0 unspecified atom stereocenters. The molecule has 0 atom stereocenters. The van der Waals surface area contributed by atoms with Crippen LogP contribution in [0.1, 0.15) is 49.9 Å². The van der Waals surface area contributed by atoms with Crippen molar-refractivity contribution in [2.75, 3.05) is 0 Å². The largest absolute Gasteiger partial charge is 0.397 e. The predicted octanol–water partition coefficient (Wildman–Crippen LogP) is 9.02. The van der Waals surface area contributed by atoms with Crippen LogP contribution in [-0.4, -0.2) is 9.49 Å². The molecule has 5 aromatic carbocycles. The molecular weight excluding hydrogens is 574 g/mol. The van der Waals surface area contributed by atoms with Gasteiger partial charge in [0.25, 0.3) is 0 Å². The third-order valence-corrected chi connectivity index (χ3v) is 12.2. The van der Waals surface area contributed by atoms with Crippen molar-refractivity contribution in [2.24, 2.45) is 0 Å². The monoisotopic (exact) mass is 600 g/mol. The standard InChI is InChI=1S/C36H27BCl2N2S/c1-35(2)28-11-7-5-9-22(28)24-14-13-20(17-30(24)35)21-15-16-25-27-18-31-26(23-10-6-8-12-29(23)36(31,3)4)19-32(27)37(38,39)41-34(25)33(21)40-42-41/h5-19H,1-4H3. The Bertz CT molecular complexity index is 2190. The van der Waals surface area contributed by atoms with Crippen LogP contribution in [0, 0.1) is 0 Å². The first-order chi connectivity index (χ1) is 20.1. The van der Waals surface area contributed by atoms with E-state index in [1.807, 2.05) is 3.87 Å². The first kappa shape index (κ1) is 25.1. The molecule has 0 amide bonds. The minimum Gasteiger partial charge on any atom is -0.331 e. The summed E-state index contributed by atoms with van der Waals surface area (Å²) in [5.41, 5.74) is 17.8. The van der Waals surface area contributed by atoms with E-state index < -0.39 is 5.11 Å². The Hall–Kier alpha value is -3.44. The lowest BCUT2D eigenvalue weighted by molar-refractivity contribution is -0.424. The maximum absolute atomic E-state index is 7.37. The first-order valence-corrected chi connectivity index (χ1v) is 16.1. The van der Waals surface area contributed by atoms with Crippen LogP contribution in [0.4, 0.5) is 0 Å². The fraction of sp³-hybridized carbons (Fsp3) is 0.167. The Morgan fingerprint density at radius 2 is 1.17 bits per heavy atom. The highest BCUT2D eigenvalue weighted by molar-refractivity contribution is 7.48. The highest BCUT2D eigenvalue weighted by atomic mass is 35.5. The van der Waals surface area contributed by atoms with Crippen molar-refractivity contribution in [1.82, 2.24) is 4.37 Å². The third kappa shape index (κ3) is 2.93. The fourth-order valence-corrected chi connectivity index (χ4v) is 9.60. The second kappa shape index (κ2) is 7.93. The molecule has 6 aromatic rings. The van der Waals surface area contributed by atoms with Gasteiger partial charge in [-0.05, 0) is 73.8 Å². The molecule has 42 heavy (non-hydrogen) atoms. The van der Waals surface area contributed by atoms with E-state index in [-0.39, 0.29) is 10.8 Å². The SMILES string of the molecule is CC1(C)c2ccccc2-c2ccc(-c3ccc4c5c3ns[n+]5[B-](Cl)(Cl)c3cc5c(cc3-4)C(C)(C)c3ccccc3-5)cc21. The molecule has 6 heteroatoms. The van der Waals surface area contributed by atoms with Crippen molar-refractivity contribution in [1.29, 1.82) is 0 Å². The third-order valence-electron chi connectivity index (χ3n) is 10.2. The van der Waals surface area contributed by atoms with Crippen LogP contribution in [0.25, 0.3) is 55.5 Å². The van der Waals surface area contributed by atoms with Gasteiger partial charge in [0.15, 0.2) is 5.52 Å². The quantitative estimate of drug-likeness (QED) is 0.172. The van der Waals surface area contributed by atoms with Crippen molar-refractivity contribution in [3.8, 4) is 44.5 Å². The zero-order valence-corrected chi connectivity index (χ0v) is 26.1. The topological polar surface area (TPSA) is 16.8 Å². The van der Waals surface area contributed by atoms with Gasteiger partial charge in [-0.25, -0.2) is 0 Å². The molecule has 0 bridgehead atoms. The molecule has 0 fully saturated rings. The molecule has 0 saturated heterocycles. The van der Waals surface area contributed by atoms with E-state index >= 15 is 0 Å². The van der Waals surface area contributed by atoms with Gasteiger partial charge in [-0.2, -0.15) is 0 Å². The number of nitrogens with zero attached hydrogens (tertiary/aromatic N) is 2. The lowest BCUT2D eigenvalue weighted by atomic mass is 9.69. The summed E-state index contributed by atoms with van der Waals surface area (Å²) in [4.78, 5) is 0. The second-order valence-electron chi connectivity index (χ2n) is 13.1. The Balaban J connectivity index is 1.26. The molecular formula is C36H27BCl2N2S. The van der Waals surface area contributed by atoms with E-state index in [1.165, 1.54) is 56.2 Å². The van der Waals surface area contributed by atoms with E-state index in [0.717, 1.165) is 38.8 Å². The zero-order valence-electron chi connectivity index (χ0n) is 23.8. The smallest absolute Gasteiger partial charge is 0.331 e. The van der Waals surface area contributed by atoms with Crippen LogP contribution < -0.4 is 9.33 Å². The lowest BCUT2D eigenvalue weighted by Crippen LogP contribution is -2.65. The van der Waals surface area contributed by atoms with Crippen LogP contribution in [0.15, 0.2) is 91.0 Å². The molecule has 0 N–H and O–H groups in total. The number of rotatable bonds is 1. The molecule has 1 aliphatic heterocycles. The molecule has 0 spiro atoms. The van der Waals surface area contributed by atoms with Gasteiger partial charge in [-0.1, -0.05) is 100 Å². The number of aromatic nitrogens is 2. The Morgan fingerprint density at radius 3 is 1.88 bits per heavy atom. The van der Waals surface area contributed by atoms with Crippen molar-refractivity contribution >= 4 is 56.3 Å². The number of fused-ring (bicyclic) bond motifs is 8. The van der Waals surface area contributed by atoms with Crippen molar-refractivity contribution in [2.45, 2.75) is 38.5 Å². The molecule has 0 radical (unpaired) electrons. The van der Waals surface area contributed by atoms with Gasteiger partial charge in [-0.3, -0.25) is 0 Å². The molecule has 9 rings (SSSR count). The van der Waals surface area contributed by atoms with E-state index in [1.54, 1.807) is 0 Å². The van der Waals surface area contributed by atoms with E-state index in [4.69, 9.17) is 27.3 Å². The normalized spacial score (nSPS) is 17.4. The first-order valence-electron chi connectivity index (χ1n) is 14.5. The maximum Gasteiger partial charge on any atom is 0.397 e. The highest BCUT2D eigenvalue weighted by Crippen LogP contribution is 2.52. The summed E-state index contributed by atoms with van der Waals surface area (Å²) in [7, 11) is 0. The predicted molar refractivity (Wildman–Crippen MR) is 178 cm³/mol. The summed E-state index contributed by atoms with van der Waals surface area (Å²) < 4.78 is 7.06. The summed E-state index contributed by atoms with van der Waals surface area (Å²) >= 11 is 16.1. The maximum atomic E-state index is 7.37. The van der Waals surface area contributed by atoms with Gasteiger partial charge in [0.2, 0.25) is 17.2 Å². The van der Waals surface area contributed by atoms with Crippen LogP contribution in [0.3, 0.4) is 0 Å². The molecule has 2 nitrogen and oxygen atoms in total. The zero-order chi connectivity index (χ0) is 28.8. The fourth-order valence-electron chi connectivity index (χ4n) is 7.98. The molecule has 3 aliphatic rings. The van der Waals surface area contributed by atoms with Gasteiger partial charge in [0.05, 0.1) is 0 Å². The van der Waals surface area contributed by atoms with Crippen molar-refractivity contribution < 1.29 is 3.87 Å². The van der Waals surface area contributed by atoms with E-state index in [2.05, 4.69) is 119 Å². The number of hydrogen-bond donors (Lipinski definition) is 0. The number of hydrogen-bond acceptors (Lipinski definition) is 2. The Morgan fingerprint density at radius 1 is 0.595 bits per heavy atom. The van der Waals surface area contributed by atoms with Crippen molar-refractivity contribution in [3.05, 3.63) is 113 Å². The van der Waals surface area contributed by atoms with Crippen LogP contribution in [-0.2, 0) is 10.8 Å². The number of halogens is 2. The van der Waals surface area contributed by atoms with Crippen LogP contribution >= 0.6 is 34.6 Å². The highest BCUT2D eigenvalue weighted by Gasteiger charge is 2.44. The van der Waals surface area contributed by atoms with Gasteiger partial charge in [-0.15, -0.1) is 5.46 Å². The van der Waals surface area contributed by atoms with Crippen molar-refractivity contribution in [3.63, 3.8) is 0 Å². The molecule has 2 aliphatic carbocycles. The Labute approximate surface area is 259 Å². The Kier molecular flexibility index (Phi) is 4.74. The van der Waals surface area contributed by atoms with Gasteiger partial charge >= 0.3 is 5.11 Å². The van der Waals surface area contributed by atoms with Crippen LogP contribution in [0.2, 0.25) is 0 Å². The molecule has 1 aromatic heterocycles. The van der Waals surface area contributed by atoms with Gasteiger partial charge < -0.3 is 26.8 Å². The lowest BCUT2D eigenvalue weighted by Gasteiger charge is -2.33. The van der Waals surface area contributed by atoms with Gasteiger partial charge in [0.1, 0.15) is 0 Å². The summed E-state index contributed by atoms with van der Waals surface area (Å²) in [6, 6.07) is 33.4. The number of benzene rings is 5. The average molecular weight is 601 g/mol. The minimum atomic E-state index is -2.10. The molecule has 2 heterocycles. The molecule has 0 saturated carbocycles. The summed E-state index contributed by atoms with van der Waals surface area (Å²) in [6.45, 7) is 9.27. The van der Waals surface area contributed by atoms with E-state index in [9.17, 15) is 0 Å². The summed E-state index contributed by atoms with van der Waals surface area (Å²) in [5, 5.41) is -2.10. The minimum absolute atomic E-state index is 0.0668. The summed E-state index contributed by atoms with van der Waals surface area (Å²) in [6.07, 6.45) is 0. The van der Waals surface area contributed by atoms with Gasteiger partial charge in [0, 0.05) is 26.3 Å². The second-order valence-corrected chi connectivity index (χ2v) is 15.3. The molecule has 204 valence electrons.